The fourth-order valence-corrected chi connectivity index (χ4v) is 6.20. The van der Waals surface area contributed by atoms with Crippen LogP contribution in [0.5, 0.6) is 0 Å². The van der Waals surface area contributed by atoms with E-state index in [-0.39, 0.29) is 26.2 Å². The van der Waals surface area contributed by atoms with Crippen molar-refractivity contribution in [3.05, 3.63) is 178 Å². The highest BCUT2D eigenvalue weighted by atomic mass is 35.5. The Morgan fingerprint density at radius 3 is 1.50 bits per heavy atom. The smallest absolute Gasteiger partial charge is 0.199 e. The highest BCUT2D eigenvalue weighted by Crippen LogP contribution is 2.38. The number of aliphatic hydroxyl groups is 1. The van der Waals surface area contributed by atoms with Crippen LogP contribution in [-0.2, 0) is 56.5 Å². The Bertz CT molecular complexity index is 1660. The van der Waals surface area contributed by atoms with E-state index in [4.69, 9.17) is 35.3 Å². The van der Waals surface area contributed by atoms with E-state index in [1.165, 1.54) is 0 Å². The van der Waals surface area contributed by atoms with Gasteiger partial charge in [-0.25, -0.2) is 0 Å². The molecule has 248 valence electrons. The fourth-order valence-electron chi connectivity index (χ4n) is 5.99. The lowest BCUT2D eigenvalue weighted by Crippen LogP contribution is -2.68. The van der Waals surface area contributed by atoms with Crippen LogP contribution in [0.15, 0.2) is 146 Å². The molecule has 0 saturated carbocycles. The van der Waals surface area contributed by atoms with Crippen LogP contribution >= 0.6 is 11.6 Å². The highest BCUT2D eigenvalue weighted by Gasteiger charge is 2.56. The maximum atomic E-state index is 12.6. The van der Waals surface area contributed by atoms with E-state index >= 15 is 0 Å². The van der Waals surface area contributed by atoms with Gasteiger partial charge >= 0.3 is 0 Å². The first-order valence-electron chi connectivity index (χ1n) is 16.3. The third-order valence-corrected chi connectivity index (χ3v) is 8.80. The van der Waals surface area contributed by atoms with Crippen LogP contribution in [0, 0.1) is 0 Å². The average molecular weight is 665 g/mol. The Hall–Kier alpha value is -3.85. The standard InChI is InChI=1S/C41H41ClO6/c42-36-24-14-13-23-35(36)25-41(43)40(47-29-34-21-11-4-12-22-34)39(46-28-33-19-9-3-10-20-33)38(45-27-32-17-7-2-8-18-32)37(48-41)30-44-26-31-15-5-1-6-16-31/h1-24,37-40,43H,25-30H2/t37-,38-,39+,40-,41+/m1/s1. The van der Waals surface area contributed by atoms with E-state index < -0.39 is 30.2 Å². The normalized spacial score (nSPS) is 22.4. The summed E-state index contributed by atoms with van der Waals surface area (Å²) >= 11 is 6.65. The van der Waals surface area contributed by atoms with E-state index in [0.29, 0.717) is 18.2 Å². The monoisotopic (exact) mass is 664 g/mol. The van der Waals surface area contributed by atoms with Crippen molar-refractivity contribution in [1.82, 2.24) is 0 Å². The van der Waals surface area contributed by atoms with Gasteiger partial charge in [0.05, 0.1) is 33.0 Å². The molecule has 1 fully saturated rings. The Morgan fingerprint density at radius 1 is 0.542 bits per heavy atom. The molecular weight excluding hydrogens is 624 g/mol. The summed E-state index contributed by atoms with van der Waals surface area (Å²) in [5, 5.41) is 13.2. The third kappa shape index (κ3) is 9.19. The van der Waals surface area contributed by atoms with E-state index in [0.717, 1.165) is 27.8 Å². The SMILES string of the molecule is O[C@@]1(Cc2ccccc2Cl)O[C@H](COCc2ccccc2)[C@@H](OCc2ccccc2)[C@H](OCc2ccccc2)[C@H]1OCc1ccccc1. The Labute approximate surface area is 287 Å². The second kappa shape index (κ2) is 17.0. The van der Waals surface area contributed by atoms with Gasteiger partial charge in [-0.05, 0) is 33.9 Å². The van der Waals surface area contributed by atoms with Crippen molar-refractivity contribution < 1.29 is 28.8 Å². The molecule has 0 aliphatic carbocycles. The predicted octanol–water partition coefficient (Wildman–Crippen LogP) is 7.94. The van der Waals surface area contributed by atoms with E-state index in [2.05, 4.69) is 0 Å². The molecule has 1 saturated heterocycles. The quantitative estimate of drug-likeness (QED) is 0.123. The van der Waals surface area contributed by atoms with Crippen molar-refractivity contribution >= 4 is 11.6 Å². The molecule has 1 aliphatic heterocycles. The van der Waals surface area contributed by atoms with E-state index in [9.17, 15) is 5.11 Å². The number of hydrogen-bond donors (Lipinski definition) is 1. The summed E-state index contributed by atoms with van der Waals surface area (Å²) in [7, 11) is 0. The summed E-state index contributed by atoms with van der Waals surface area (Å²) in [5.74, 6) is -1.84. The molecule has 5 atom stereocenters. The van der Waals surface area contributed by atoms with Crippen molar-refractivity contribution in [3.63, 3.8) is 0 Å². The van der Waals surface area contributed by atoms with Gasteiger partial charge in [0.25, 0.3) is 0 Å². The van der Waals surface area contributed by atoms with Gasteiger partial charge in [-0.1, -0.05) is 151 Å². The molecule has 5 aromatic carbocycles. The topological polar surface area (TPSA) is 66.4 Å². The average Bonchev–Trinajstić information content (AvgIpc) is 3.12. The Morgan fingerprint density at radius 2 is 0.979 bits per heavy atom. The predicted molar refractivity (Wildman–Crippen MR) is 186 cm³/mol. The van der Waals surface area contributed by atoms with Gasteiger partial charge in [0.2, 0.25) is 0 Å². The summed E-state index contributed by atoms with van der Waals surface area (Å²) in [6.45, 7) is 1.34. The first kappa shape index (κ1) is 34.0. The van der Waals surface area contributed by atoms with Gasteiger partial charge < -0.3 is 28.8 Å². The van der Waals surface area contributed by atoms with Gasteiger partial charge in [0, 0.05) is 11.4 Å². The molecule has 1 aliphatic rings. The first-order valence-corrected chi connectivity index (χ1v) is 16.7. The molecular formula is C41H41ClO6. The molecule has 0 amide bonds. The molecule has 7 heteroatoms. The molecule has 1 N–H and O–H groups in total. The second-order valence-corrected chi connectivity index (χ2v) is 12.4. The van der Waals surface area contributed by atoms with Crippen molar-refractivity contribution in [2.45, 2.75) is 63.1 Å². The molecule has 0 aromatic heterocycles. The molecule has 0 radical (unpaired) electrons. The molecule has 1 heterocycles. The van der Waals surface area contributed by atoms with Crippen LogP contribution < -0.4 is 0 Å². The Balaban J connectivity index is 1.36. The van der Waals surface area contributed by atoms with E-state index in [1.54, 1.807) is 6.07 Å². The zero-order valence-corrected chi connectivity index (χ0v) is 27.5. The van der Waals surface area contributed by atoms with Crippen LogP contribution in [0.25, 0.3) is 0 Å². The molecule has 0 spiro atoms. The lowest BCUT2D eigenvalue weighted by atomic mass is 9.87. The van der Waals surface area contributed by atoms with Crippen molar-refractivity contribution in [3.8, 4) is 0 Å². The second-order valence-electron chi connectivity index (χ2n) is 12.0. The number of ether oxygens (including phenoxy) is 5. The zero-order chi connectivity index (χ0) is 33.0. The molecule has 6 rings (SSSR count). The maximum absolute atomic E-state index is 12.6. The molecule has 0 unspecified atom stereocenters. The summed E-state index contributed by atoms with van der Waals surface area (Å²) in [5.41, 5.74) is 4.70. The summed E-state index contributed by atoms with van der Waals surface area (Å²) in [4.78, 5) is 0. The summed E-state index contributed by atoms with van der Waals surface area (Å²) in [6.07, 6.45) is -3.00. The maximum Gasteiger partial charge on any atom is 0.199 e. The van der Waals surface area contributed by atoms with Crippen LogP contribution in [0.2, 0.25) is 5.02 Å². The lowest BCUT2D eigenvalue weighted by Gasteiger charge is -2.50. The molecule has 0 bridgehead atoms. The minimum atomic E-state index is -1.84. The number of rotatable bonds is 15. The third-order valence-electron chi connectivity index (χ3n) is 8.43. The van der Waals surface area contributed by atoms with Crippen molar-refractivity contribution in [2.75, 3.05) is 6.61 Å². The van der Waals surface area contributed by atoms with Gasteiger partial charge in [-0.2, -0.15) is 0 Å². The minimum Gasteiger partial charge on any atom is -0.374 e. The number of hydrogen-bond acceptors (Lipinski definition) is 6. The van der Waals surface area contributed by atoms with Gasteiger partial charge in [0.15, 0.2) is 5.79 Å². The van der Waals surface area contributed by atoms with Crippen molar-refractivity contribution in [2.24, 2.45) is 0 Å². The molecule has 48 heavy (non-hydrogen) atoms. The van der Waals surface area contributed by atoms with Crippen LogP contribution in [0.4, 0.5) is 0 Å². The van der Waals surface area contributed by atoms with Crippen molar-refractivity contribution in [1.29, 1.82) is 0 Å². The lowest BCUT2D eigenvalue weighted by molar-refractivity contribution is -0.370. The fraction of sp³-hybridized carbons (Fsp3) is 0.268. The number of benzene rings is 5. The minimum absolute atomic E-state index is 0.0674. The van der Waals surface area contributed by atoms with Gasteiger partial charge in [0.1, 0.15) is 24.4 Å². The van der Waals surface area contributed by atoms with Crippen LogP contribution in [0.3, 0.4) is 0 Å². The van der Waals surface area contributed by atoms with Crippen LogP contribution in [-0.4, -0.2) is 41.9 Å². The number of halogens is 1. The largest absolute Gasteiger partial charge is 0.374 e. The highest BCUT2D eigenvalue weighted by molar-refractivity contribution is 6.31. The molecule has 6 nitrogen and oxygen atoms in total. The van der Waals surface area contributed by atoms with Crippen LogP contribution in [0.1, 0.15) is 27.8 Å². The Kier molecular flexibility index (Phi) is 12.1. The molecule has 5 aromatic rings. The summed E-state index contributed by atoms with van der Waals surface area (Å²) in [6, 6.07) is 47.2. The summed E-state index contributed by atoms with van der Waals surface area (Å²) < 4.78 is 33.0. The van der Waals surface area contributed by atoms with Gasteiger partial charge in [-0.15, -0.1) is 0 Å². The van der Waals surface area contributed by atoms with Gasteiger partial charge in [-0.3, -0.25) is 0 Å². The zero-order valence-electron chi connectivity index (χ0n) is 26.8. The van der Waals surface area contributed by atoms with E-state index in [1.807, 2.05) is 140 Å². The first-order chi connectivity index (χ1) is 23.6.